The largest absolute Gasteiger partial charge is 0.496 e. The van der Waals surface area contributed by atoms with E-state index in [2.05, 4.69) is 10.0 Å². The molecule has 3 rings (SSSR count). The molecule has 1 aromatic heterocycles. The van der Waals surface area contributed by atoms with Crippen LogP contribution in [0, 0.1) is 0 Å². The zero-order chi connectivity index (χ0) is 18.7. The molecule has 10 heteroatoms. The molecule has 1 amide bonds. The van der Waals surface area contributed by atoms with Crippen LogP contribution in [-0.4, -0.2) is 53.0 Å². The number of carbonyl (C=O) groups excluding carboxylic acids is 1. The van der Waals surface area contributed by atoms with Crippen LogP contribution in [0.2, 0.25) is 0 Å². The smallest absolute Gasteiger partial charge is 0.264 e. The predicted octanol–water partition coefficient (Wildman–Crippen LogP) is 1.87. The third-order valence-corrected chi connectivity index (χ3v) is 6.83. The molecule has 1 aliphatic rings. The van der Waals surface area contributed by atoms with Gasteiger partial charge in [0, 0.05) is 30.6 Å². The van der Waals surface area contributed by atoms with E-state index in [1.807, 2.05) is 24.3 Å². The van der Waals surface area contributed by atoms with Crippen molar-refractivity contribution in [2.45, 2.75) is 10.9 Å². The maximum absolute atomic E-state index is 13.1. The molecule has 2 aromatic rings. The molecule has 27 heavy (non-hydrogen) atoms. The van der Waals surface area contributed by atoms with Crippen LogP contribution in [0.3, 0.4) is 0 Å². The summed E-state index contributed by atoms with van der Waals surface area (Å²) in [5.41, 5.74) is 0.926. The van der Waals surface area contributed by atoms with E-state index in [0.29, 0.717) is 24.5 Å². The first-order chi connectivity index (χ1) is 12.5. The van der Waals surface area contributed by atoms with Gasteiger partial charge < -0.3 is 15.0 Å². The molecule has 2 heterocycles. The minimum Gasteiger partial charge on any atom is -0.496 e. The Kier molecular flexibility index (Phi) is 7.24. The number of amides is 1. The second kappa shape index (κ2) is 9.03. The summed E-state index contributed by atoms with van der Waals surface area (Å²) in [6.07, 6.45) is 0. The first kappa shape index (κ1) is 21.6. The molecule has 1 unspecified atom stereocenters. The van der Waals surface area contributed by atoms with Gasteiger partial charge in [-0.1, -0.05) is 18.2 Å². The number of ether oxygens (including phenoxy) is 1. The Balaban J connectivity index is 0.00000261. The van der Waals surface area contributed by atoms with Gasteiger partial charge in [-0.05, 0) is 19.2 Å². The van der Waals surface area contributed by atoms with E-state index >= 15 is 0 Å². The summed E-state index contributed by atoms with van der Waals surface area (Å²) in [6, 6.07) is 8.87. The number of halogens is 1. The number of benzene rings is 1. The third-order valence-electron chi connectivity index (χ3n) is 4.37. The van der Waals surface area contributed by atoms with E-state index in [0.717, 1.165) is 22.6 Å². The molecule has 0 radical (unpaired) electrons. The van der Waals surface area contributed by atoms with Crippen LogP contribution in [0.1, 0.15) is 21.3 Å². The highest BCUT2D eigenvalue weighted by Crippen LogP contribution is 2.32. The SMILES string of the molecule is CNS(=O)(=O)c1csc(C(=O)N2CCNCC2c2ccccc2OC)c1.Cl. The maximum Gasteiger partial charge on any atom is 0.264 e. The van der Waals surface area contributed by atoms with Gasteiger partial charge in [-0.3, -0.25) is 4.79 Å². The van der Waals surface area contributed by atoms with E-state index in [1.165, 1.54) is 18.5 Å². The van der Waals surface area contributed by atoms with E-state index in [4.69, 9.17) is 4.74 Å². The number of thiophene rings is 1. The molecule has 1 fully saturated rings. The zero-order valence-corrected chi connectivity index (χ0v) is 17.4. The van der Waals surface area contributed by atoms with Crippen molar-refractivity contribution >= 4 is 39.7 Å². The molecule has 7 nitrogen and oxygen atoms in total. The number of sulfonamides is 1. The second-order valence-corrected chi connectivity index (χ2v) is 8.61. The number of para-hydroxylation sites is 1. The van der Waals surface area contributed by atoms with Crippen LogP contribution < -0.4 is 14.8 Å². The number of piperazine rings is 1. The predicted molar refractivity (Wildman–Crippen MR) is 107 cm³/mol. The number of nitrogens with zero attached hydrogens (tertiary/aromatic N) is 1. The van der Waals surface area contributed by atoms with Crippen molar-refractivity contribution in [3.63, 3.8) is 0 Å². The number of carbonyl (C=O) groups is 1. The van der Waals surface area contributed by atoms with Gasteiger partial charge in [0.25, 0.3) is 5.91 Å². The summed E-state index contributed by atoms with van der Waals surface area (Å²) in [5, 5.41) is 4.79. The second-order valence-electron chi connectivity index (χ2n) is 5.81. The minimum absolute atomic E-state index is 0. The molecule has 148 valence electrons. The maximum atomic E-state index is 13.1. The number of methoxy groups -OCH3 is 1. The molecular formula is C17H22ClN3O4S2. The van der Waals surface area contributed by atoms with Crippen molar-refractivity contribution < 1.29 is 17.9 Å². The summed E-state index contributed by atoms with van der Waals surface area (Å²) in [5.74, 6) is 0.550. The van der Waals surface area contributed by atoms with Gasteiger partial charge in [0.05, 0.1) is 22.9 Å². The van der Waals surface area contributed by atoms with Crippen LogP contribution in [0.5, 0.6) is 5.75 Å². The summed E-state index contributed by atoms with van der Waals surface area (Å²) in [4.78, 5) is 15.3. The average Bonchev–Trinajstić information content (AvgIpc) is 3.18. The van der Waals surface area contributed by atoms with Crippen LogP contribution in [0.15, 0.2) is 40.6 Å². The van der Waals surface area contributed by atoms with Crippen LogP contribution in [0.25, 0.3) is 0 Å². The van der Waals surface area contributed by atoms with Crippen molar-refractivity contribution in [3.8, 4) is 5.75 Å². The highest BCUT2D eigenvalue weighted by Gasteiger charge is 2.31. The number of hydrogen-bond donors (Lipinski definition) is 2. The molecule has 0 saturated carbocycles. The van der Waals surface area contributed by atoms with Crippen LogP contribution >= 0.6 is 23.7 Å². The summed E-state index contributed by atoms with van der Waals surface area (Å²) >= 11 is 1.14. The van der Waals surface area contributed by atoms with Crippen molar-refractivity contribution in [1.29, 1.82) is 0 Å². The van der Waals surface area contributed by atoms with Crippen LogP contribution in [0.4, 0.5) is 0 Å². The molecule has 0 bridgehead atoms. The van der Waals surface area contributed by atoms with Gasteiger partial charge in [0.2, 0.25) is 10.0 Å². The van der Waals surface area contributed by atoms with Crippen LogP contribution in [-0.2, 0) is 10.0 Å². The van der Waals surface area contributed by atoms with Gasteiger partial charge in [-0.15, -0.1) is 23.7 Å². The topological polar surface area (TPSA) is 87.7 Å². The lowest BCUT2D eigenvalue weighted by atomic mass is 10.0. The Bertz CT molecular complexity index is 901. The Morgan fingerprint density at radius 3 is 2.81 bits per heavy atom. The highest BCUT2D eigenvalue weighted by molar-refractivity contribution is 7.89. The summed E-state index contributed by atoms with van der Waals surface area (Å²) < 4.78 is 31.6. The zero-order valence-electron chi connectivity index (χ0n) is 15.0. The van der Waals surface area contributed by atoms with Crippen molar-refractivity contribution in [1.82, 2.24) is 14.9 Å². The number of nitrogens with one attached hydrogen (secondary N) is 2. The van der Waals surface area contributed by atoms with Gasteiger partial charge >= 0.3 is 0 Å². The van der Waals surface area contributed by atoms with Crippen molar-refractivity contribution in [2.75, 3.05) is 33.8 Å². The molecule has 1 aromatic carbocycles. The summed E-state index contributed by atoms with van der Waals surface area (Å²) in [7, 11) is -0.604. The fraction of sp³-hybridized carbons (Fsp3) is 0.353. The standard InChI is InChI=1S/C17H21N3O4S2.ClH/c1-18-26(22,23)12-9-16(25-11-12)17(21)20-8-7-19-10-14(20)13-5-3-4-6-15(13)24-2;/h3-6,9,11,14,18-19H,7-8,10H2,1-2H3;1H. The molecule has 0 aliphatic carbocycles. The lowest BCUT2D eigenvalue weighted by Crippen LogP contribution is -2.48. The number of rotatable bonds is 5. The summed E-state index contributed by atoms with van der Waals surface area (Å²) in [6.45, 7) is 1.83. The van der Waals surface area contributed by atoms with Gasteiger partial charge in [0.1, 0.15) is 5.75 Å². The van der Waals surface area contributed by atoms with Gasteiger partial charge in [0.15, 0.2) is 0 Å². The van der Waals surface area contributed by atoms with Gasteiger partial charge in [-0.2, -0.15) is 0 Å². The lowest BCUT2D eigenvalue weighted by molar-refractivity contribution is 0.0636. The monoisotopic (exact) mass is 431 g/mol. The molecule has 0 spiro atoms. The van der Waals surface area contributed by atoms with E-state index in [-0.39, 0.29) is 29.3 Å². The lowest BCUT2D eigenvalue weighted by Gasteiger charge is -2.36. The Morgan fingerprint density at radius 2 is 2.11 bits per heavy atom. The molecular weight excluding hydrogens is 410 g/mol. The molecule has 1 aliphatic heterocycles. The van der Waals surface area contributed by atoms with E-state index in [1.54, 1.807) is 12.0 Å². The molecule has 1 saturated heterocycles. The Morgan fingerprint density at radius 1 is 1.37 bits per heavy atom. The molecule has 1 atom stereocenters. The van der Waals surface area contributed by atoms with Gasteiger partial charge in [-0.25, -0.2) is 13.1 Å². The van der Waals surface area contributed by atoms with E-state index in [9.17, 15) is 13.2 Å². The van der Waals surface area contributed by atoms with Crippen molar-refractivity contribution in [2.24, 2.45) is 0 Å². The number of hydrogen-bond acceptors (Lipinski definition) is 6. The first-order valence-corrected chi connectivity index (χ1v) is 10.5. The molecule has 2 N–H and O–H groups in total. The fourth-order valence-corrected chi connectivity index (χ4v) is 4.96. The Hall–Kier alpha value is -1.65. The Labute approximate surface area is 169 Å². The van der Waals surface area contributed by atoms with E-state index < -0.39 is 10.0 Å². The average molecular weight is 432 g/mol. The quantitative estimate of drug-likeness (QED) is 0.754. The van der Waals surface area contributed by atoms with Crippen molar-refractivity contribution in [3.05, 3.63) is 46.2 Å². The highest BCUT2D eigenvalue weighted by atomic mass is 35.5. The minimum atomic E-state index is -3.56. The first-order valence-electron chi connectivity index (χ1n) is 8.14. The fourth-order valence-electron chi connectivity index (χ4n) is 3.00. The normalized spacial score (nSPS) is 17.3. The third kappa shape index (κ3) is 4.44.